The number of benzene rings is 4. The maximum atomic E-state index is 13.5. The second-order valence-corrected chi connectivity index (χ2v) is 11.8. The second-order valence-electron chi connectivity index (χ2n) is 9.62. The van der Waals surface area contributed by atoms with E-state index in [0.717, 1.165) is 33.6 Å². The number of hydrogen-bond acceptors (Lipinski definition) is 5. The molecule has 0 amide bonds. The second kappa shape index (κ2) is 13.2. The summed E-state index contributed by atoms with van der Waals surface area (Å²) in [5, 5.41) is 0. The van der Waals surface area contributed by atoms with Crippen molar-refractivity contribution in [1.82, 2.24) is 0 Å². The highest BCUT2D eigenvalue weighted by molar-refractivity contribution is 14.1. The lowest BCUT2D eigenvalue weighted by atomic mass is 9.97. The maximum Gasteiger partial charge on any atom is 0.344 e. The average Bonchev–Trinajstić information content (AvgIpc) is 2.95. The molecule has 0 heterocycles. The van der Waals surface area contributed by atoms with E-state index >= 15 is 0 Å². The largest absolute Gasteiger partial charge is 0.489 e. The number of carbonyl (C=O) groups excluding carboxylic acids is 2. The van der Waals surface area contributed by atoms with Crippen molar-refractivity contribution < 1.29 is 23.8 Å². The summed E-state index contributed by atoms with van der Waals surface area (Å²) in [7, 11) is 0. The Hall–Kier alpha value is -2.92. The molecule has 0 aliphatic heterocycles. The van der Waals surface area contributed by atoms with Crippen LogP contribution in [-0.2, 0) is 18.0 Å². The molecule has 0 saturated carbocycles. The normalized spacial score (nSPS) is 10.8. The van der Waals surface area contributed by atoms with Crippen LogP contribution in [0.15, 0.2) is 66.7 Å². The maximum absolute atomic E-state index is 13.5. The van der Waals surface area contributed by atoms with Crippen LogP contribution in [0.3, 0.4) is 0 Å². The van der Waals surface area contributed by atoms with Crippen LogP contribution in [0.4, 0.5) is 0 Å². The van der Waals surface area contributed by atoms with Gasteiger partial charge in [0.1, 0.15) is 19.0 Å². The van der Waals surface area contributed by atoms with E-state index in [0.29, 0.717) is 41.8 Å². The summed E-state index contributed by atoms with van der Waals surface area (Å²) < 4.78 is 19.1. The summed E-state index contributed by atoms with van der Waals surface area (Å²) in [6.45, 7) is 10.1. The minimum atomic E-state index is -0.443. The van der Waals surface area contributed by atoms with Crippen molar-refractivity contribution in [2.45, 2.75) is 47.8 Å². The lowest BCUT2D eigenvalue weighted by molar-refractivity contribution is 0.0470. The predicted octanol–water partition coefficient (Wildman–Crippen LogP) is 8.59. The zero-order valence-corrected chi connectivity index (χ0v) is 27.4. The summed E-state index contributed by atoms with van der Waals surface area (Å²) >= 11 is 4.27. The molecule has 0 unspecified atom stereocenters. The highest BCUT2D eigenvalue weighted by Gasteiger charge is 2.27. The van der Waals surface area contributed by atoms with E-state index in [9.17, 15) is 9.59 Å². The molecular weight excluding hydrogens is 730 g/mol. The molecule has 40 heavy (non-hydrogen) atoms. The third-order valence-electron chi connectivity index (χ3n) is 6.91. The summed E-state index contributed by atoms with van der Waals surface area (Å²) in [5.41, 5.74) is 6.90. The standard InChI is InChI=1S/C33H30I2O5/c1-19-16-26(38-17-24-12-8-6-9-13-24)20(2)21(3)27(19)33(37)40-31-29(34)22(4)28(23(5)30(31)35)32(36)39-18-25-14-10-7-11-15-25/h6-16H,17-18H2,1-5H3. The molecule has 0 fully saturated rings. The molecule has 0 aliphatic carbocycles. The Bertz CT molecular complexity index is 1530. The Kier molecular flexibility index (Phi) is 9.89. The Morgan fingerprint density at radius 1 is 0.650 bits per heavy atom. The van der Waals surface area contributed by atoms with Gasteiger partial charge in [-0.2, -0.15) is 0 Å². The molecule has 206 valence electrons. The Balaban J connectivity index is 1.57. The van der Waals surface area contributed by atoms with Crippen LogP contribution < -0.4 is 9.47 Å². The van der Waals surface area contributed by atoms with Gasteiger partial charge in [0, 0.05) is 0 Å². The van der Waals surface area contributed by atoms with Crippen LogP contribution in [-0.4, -0.2) is 11.9 Å². The van der Waals surface area contributed by atoms with Gasteiger partial charge in [0.05, 0.1) is 18.3 Å². The van der Waals surface area contributed by atoms with Crippen molar-refractivity contribution in [3.05, 3.63) is 124 Å². The van der Waals surface area contributed by atoms with E-state index in [4.69, 9.17) is 14.2 Å². The van der Waals surface area contributed by atoms with E-state index in [-0.39, 0.29) is 6.61 Å². The zero-order chi connectivity index (χ0) is 29.0. The SMILES string of the molecule is Cc1cc(OCc2ccccc2)c(C)c(C)c1C(=O)Oc1c(I)c(C)c(C(=O)OCc2ccccc2)c(C)c1I. The molecular formula is C33H30I2O5. The molecule has 0 N–H and O–H groups in total. The summed E-state index contributed by atoms with van der Waals surface area (Å²) in [6.07, 6.45) is 0. The molecule has 0 radical (unpaired) electrons. The Morgan fingerprint density at radius 3 is 1.73 bits per heavy atom. The molecule has 0 spiro atoms. The fourth-order valence-corrected chi connectivity index (χ4v) is 6.33. The van der Waals surface area contributed by atoms with Crippen molar-refractivity contribution in [2.75, 3.05) is 0 Å². The van der Waals surface area contributed by atoms with Crippen LogP contribution in [0.25, 0.3) is 0 Å². The first kappa shape index (κ1) is 30.0. The van der Waals surface area contributed by atoms with Gasteiger partial charge < -0.3 is 14.2 Å². The number of halogens is 2. The minimum absolute atomic E-state index is 0.186. The van der Waals surface area contributed by atoms with E-state index in [1.807, 2.05) is 101 Å². The number of rotatable bonds is 8. The molecule has 5 nitrogen and oxygen atoms in total. The first-order valence-corrected chi connectivity index (χ1v) is 14.9. The van der Waals surface area contributed by atoms with Crippen molar-refractivity contribution in [3.63, 3.8) is 0 Å². The van der Waals surface area contributed by atoms with Crippen LogP contribution >= 0.6 is 45.2 Å². The molecule has 0 aliphatic rings. The van der Waals surface area contributed by atoms with Crippen LogP contribution in [0.2, 0.25) is 0 Å². The van der Waals surface area contributed by atoms with Crippen LogP contribution in [0, 0.1) is 41.8 Å². The number of ether oxygens (including phenoxy) is 3. The molecule has 0 bridgehead atoms. The fourth-order valence-electron chi connectivity index (χ4n) is 4.52. The fraction of sp³-hybridized carbons (Fsp3) is 0.212. The third-order valence-corrected chi connectivity index (χ3v) is 9.51. The Morgan fingerprint density at radius 2 is 1.18 bits per heavy atom. The lowest BCUT2D eigenvalue weighted by Crippen LogP contribution is -2.17. The third kappa shape index (κ3) is 6.52. The molecule has 0 saturated heterocycles. The van der Waals surface area contributed by atoms with Gasteiger partial charge in [0.2, 0.25) is 0 Å². The van der Waals surface area contributed by atoms with Crippen molar-refractivity contribution in [3.8, 4) is 11.5 Å². The smallest absolute Gasteiger partial charge is 0.344 e. The van der Waals surface area contributed by atoms with Gasteiger partial charge in [-0.05, 0) is 125 Å². The Labute approximate surface area is 262 Å². The average molecular weight is 760 g/mol. The van der Waals surface area contributed by atoms with E-state index in [1.165, 1.54) is 0 Å². The highest BCUT2D eigenvalue weighted by atomic mass is 127. The lowest BCUT2D eigenvalue weighted by Gasteiger charge is -2.20. The van der Waals surface area contributed by atoms with Crippen LogP contribution in [0.1, 0.15) is 59.7 Å². The number of hydrogen-bond donors (Lipinski definition) is 0. The van der Waals surface area contributed by atoms with Crippen molar-refractivity contribution in [1.29, 1.82) is 0 Å². The monoisotopic (exact) mass is 760 g/mol. The molecule has 0 atom stereocenters. The van der Waals surface area contributed by atoms with Gasteiger partial charge in [-0.3, -0.25) is 0 Å². The van der Waals surface area contributed by atoms with E-state index < -0.39 is 11.9 Å². The molecule has 4 aromatic rings. The summed E-state index contributed by atoms with van der Waals surface area (Å²) in [5.74, 6) is 0.342. The molecule has 4 rings (SSSR count). The molecule has 4 aromatic carbocycles. The minimum Gasteiger partial charge on any atom is -0.489 e. The number of esters is 2. The first-order chi connectivity index (χ1) is 19.1. The summed E-state index contributed by atoms with van der Waals surface area (Å²) in [4.78, 5) is 26.6. The number of carbonyl (C=O) groups is 2. The number of aryl methyl sites for hydroxylation is 1. The van der Waals surface area contributed by atoms with Crippen LogP contribution in [0.5, 0.6) is 11.5 Å². The van der Waals surface area contributed by atoms with Gasteiger partial charge in [-0.1, -0.05) is 60.7 Å². The van der Waals surface area contributed by atoms with Gasteiger partial charge >= 0.3 is 11.9 Å². The van der Waals surface area contributed by atoms with Gasteiger partial charge in [-0.25, -0.2) is 9.59 Å². The molecule has 0 aromatic heterocycles. The molecule has 7 heteroatoms. The quantitative estimate of drug-likeness (QED) is 0.102. The van der Waals surface area contributed by atoms with E-state index in [1.54, 1.807) is 0 Å². The zero-order valence-electron chi connectivity index (χ0n) is 23.1. The topological polar surface area (TPSA) is 61.8 Å². The van der Waals surface area contributed by atoms with Gasteiger partial charge in [0.25, 0.3) is 0 Å². The predicted molar refractivity (Wildman–Crippen MR) is 173 cm³/mol. The van der Waals surface area contributed by atoms with Crippen molar-refractivity contribution in [2.24, 2.45) is 0 Å². The summed E-state index contributed by atoms with van der Waals surface area (Å²) in [6, 6.07) is 21.4. The first-order valence-electron chi connectivity index (χ1n) is 12.8. The van der Waals surface area contributed by atoms with E-state index in [2.05, 4.69) is 45.2 Å². The van der Waals surface area contributed by atoms with Gasteiger partial charge in [0.15, 0.2) is 5.75 Å². The van der Waals surface area contributed by atoms with Gasteiger partial charge in [-0.15, -0.1) is 0 Å². The highest BCUT2D eigenvalue weighted by Crippen LogP contribution is 2.37. The van der Waals surface area contributed by atoms with Crippen molar-refractivity contribution >= 4 is 57.1 Å².